The molecule has 0 amide bonds. The van der Waals surface area contributed by atoms with E-state index in [1.807, 2.05) is 0 Å². The van der Waals surface area contributed by atoms with Crippen LogP contribution in [0, 0.1) is 0 Å². The first kappa shape index (κ1) is 9.65. The first-order valence-electron chi connectivity index (χ1n) is 3.67. The molecule has 0 spiro atoms. The van der Waals surface area contributed by atoms with Crippen LogP contribution in [0.2, 0.25) is 0 Å². The SMILES string of the molecule is FC(F)c1ccccc1CCBr. The van der Waals surface area contributed by atoms with E-state index in [1.54, 1.807) is 18.2 Å². The monoisotopic (exact) mass is 234 g/mol. The smallest absolute Gasteiger partial charge is 0.205 e. The van der Waals surface area contributed by atoms with E-state index in [9.17, 15) is 8.78 Å². The van der Waals surface area contributed by atoms with Crippen molar-refractivity contribution in [2.75, 3.05) is 5.33 Å². The minimum absolute atomic E-state index is 0.150. The molecule has 0 bridgehead atoms. The van der Waals surface area contributed by atoms with Crippen molar-refractivity contribution >= 4 is 15.9 Å². The molecule has 66 valence electrons. The van der Waals surface area contributed by atoms with E-state index < -0.39 is 6.43 Å². The summed E-state index contributed by atoms with van der Waals surface area (Å²) in [6.07, 6.45) is -1.71. The summed E-state index contributed by atoms with van der Waals surface area (Å²) in [5, 5.41) is 0.719. The molecule has 0 unspecified atom stereocenters. The third-order valence-corrected chi connectivity index (χ3v) is 2.05. The third kappa shape index (κ3) is 2.27. The van der Waals surface area contributed by atoms with E-state index in [-0.39, 0.29) is 5.56 Å². The largest absolute Gasteiger partial charge is 0.264 e. The minimum atomic E-state index is -2.36. The summed E-state index contributed by atoms with van der Waals surface area (Å²) >= 11 is 3.22. The number of hydrogen-bond donors (Lipinski definition) is 0. The van der Waals surface area contributed by atoms with E-state index in [1.165, 1.54) is 6.07 Å². The van der Waals surface area contributed by atoms with Gasteiger partial charge in [0, 0.05) is 10.9 Å². The fourth-order valence-corrected chi connectivity index (χ4v) is 1.50. The molecule has 0 radical (unpaired) electrons. The molecule has 0 atom stereocenters. The fraction of sp³-hybridized carbons (Fsp3) is 0.333. The van der Waals surface area contributed by atoms with Crippen molar-refractivity contribution in [2.24, 2.45) is 0 Å². The molecule has 1 aromatic carbocycles. The van der Waals surface area contributed by atoms with Gasteiger partial charge in [0.15, 0.2) is 0 Å². The van der Waals surface area contributed by atoms with Gasteiger partial charge in [-0.15, -0.1) is 0 Å². The van der Waals surface area contributed by atoms with Crippen molar-refractivity contribution in [1.82, 2.24) is 0 Å². The molecule has 0 heterocycles. The van der Waals surface area contributed by atoms with Gasteiger partial charge in [-0.25, -0.2) is 8.78 Å². The van der Waals surface area contributed by atoms with Crippen molar-refractivity contribution in [3.8, 4) is 0 Å². The molecule has 0 aliphatic rings. The van der Waals surface area contributed by atoms with E-state index in [2.05, 4.69) is 15.9 Å². The highest BCUT2D eigenvalue weighted by Crippen LogP contribution is 2.23. The van der Waals surface area contributed by atoms with Gasteiger partial charge in [0.1, 0.15) is 0 Å². The van der Waals surface area contributed by atoms with Gasteiger partial charge in [-0.2, -0.15) is 0 Å². The summed E-state index contributed by atoms with van der Waals surface area (Å²) in [4.78, 5) is 0. The van der Waals surface area contributed by atoms with Crippen LogP contribution in [0.3, 0.4) is 0 Å². The highest BCUT2D eigenvalue weighted by Gasteiger charge is 2.10. The summed E-state index contributed by atoms with van der Waals surface area (Å²) in [5.41, 5.74) is 0.876. The molecule has 0 N–H and O–H groups in total. The number of halogens is 3. The van der Waals surface area contributed by atoms with Gasteiger partial charge >= 0.3 is 0 Å². The van der Waals surface area contributed by atoms with E-state index >= 15 is 0 Å². The van der Waals surface area contributed by atoms with Gasteiger partial charge in [0.2, 0.25) is 0 Å². The highest BCUT2D eigenvalue weighted by atomic mass is 79.9. The number of aryl methyl sites for hydroxylation is 1. The van der Waals surface area contributed by atoms with Crippen LogP contribution < -0.4 is 0 Å². The Morgan fingerprint density at radius 2 is 1.92 bits per heavy atom. The average Bonchev–Trinajstić information content (AvgIpc) is 2.05. The Morgan fingerprint density at radius 1 is 1.25 bits per heavy atom. The van der Waals surface area contributed by atoms with Gasteiger partial charge in [0.25, 0.3) is 6.43 Å². The summed E-state index contributed by atoms with van der Waals surface area (Å²) < 4.78 is 24.7. The lowest BCUT2D eigenvalue weighted by atomic mass is 10.1. The van der Waals surface area contributed by atoms with E-state index in [0.29, 0.717) is 6.42 Å². The highest BCUT2D eigenvalue weighted by molar-refractivity contribution is 9.09. The fourth-order valence-electron chi connectivity index (χ4n) is 1.08. The summed E-state index contributed by atoms with van der Waals surface area (Å²) in [6.45, 7) is 0. The molecule has 0 fully saturated rings. The van der Waals surface area contributed by atoms with Crippen LogP contribution in [0.25, 0.3) is 0 Å². The Labute approximate surface area is 78.7 Å². The lowest BCUT2D eigenvalue weighted by molar-refractivity contribution is 0.150. The Hall–Kier alpha value is -0.440. The molecule has 0 nitrogen and oxygen atoms in total. The maximum Gasteiger partial charge on any atom is 0.264 e. The minimum Gasteiger partial charge on any atom is -0.205 e. The second-order valence-corrected chi connectivity index (χ2v) is 3.23. The Balaban J connectivity index is 2.92. The zero-order valence-electron chi connectivity index (χ0n) is 6.43. The maximum atomic E-state index is 12.3. The van der Waals surface area contributed by atoms with Gasteiger partial charge in [-0.1, -0.05) is 40.2 Å². The number of hydrogen-bond acceptors (Lipinski definition) is 0. The predicted octanol–water partition coefficient (Wildman–Crippen LogP) is 3.56. The van der Waals surface area contributed by atoms with Crippen LogP contribution in [0.4, 0.5) is 8.78 Å². The van der Waals surface area contributed by atoms with Crippen LogP contribution in [0.15, 0.2) is 24.3 Å². The van der Waals surface area contributed by atoms with Gasteiger partial charge in [-0.05, 0) is 12.0 Å². The number of rotatable bonds is 3. The van der Waals surface area contributed by atoms with Crippen LogP contribution in [-0.2, 0) is 6.42 Å². The van der Waals surface area contributed by atoms with Crippen molar-refractivity contribution in [1.29, 1.82) is 0 Å². The van der Waals surface area contributed by atoms with Crippen LogP contribution >= 0.6 is 15.9 Å². The standard InChI is InChI=1S/C9H9BrF2/c10-6-5-7-3-1-2-4-8(7)9(11)12/h1-4,9H,5-6H2. The van der Waals surface area contributed by atoms with E-state index in [4.69, 9.17) is 0 Å². The zero-order valence-corrected chi connectivity index (χ0v) is 8.02. The Kier molecular flexibility index (Phi) is 3.66. The Morgan fingerprint density at radius 3 is 2.50 bits per heavy atom. The van der Waals surface area contributed by atoms with Crippen LogP contribution in [0.1, 0.15) is 17.6 Å². The van der Waals surface area contributed by atoms with Crippen molar-refractivity contribution in [3.63, 3.8) is 0 Å². The van der Waals surface area contributed by atoms with E-state index in [0.717, 1.165) is 10.9 Å². The second kappa shape index (κ2) is 4.55. The maximum absolute atomic E-state index is 12.3. The Bertz CT molecular complexity index is 248. The van der Waals surface area contributed by atoms with Crippen LogP contribution in [0.5, 0.6) is 0 Å². The second-order valence-electron chi connectivity index (χ2n) is 2.44. The molecule has 3 heteroatoms. The molecule has 1 aromatic rings. The number of alkyl halides is 3. The molecule has 0 aromatic heterocycles. The third-order valence-electron chi connectivity index (χ3n) is 1.65. The lowest BCUT2D eigenvalue weighted by Crippen LogP contribution is -1.94. The zero-order chi connectivity index (χ0) is 8.97. The predicted molar refractivity (Wildman–Crippen MR) is 48.9 cm³/mol. The van der Waals surface area contributed by atoms with Gasteiger partial charge < -0.3 is 0 Å². The molecule has 0 saturated heterocycles. The molecule has 1 rings (SSSR count). The average molecular weight is 235 g/mol. The summed E-state index contributed by atoms with van der Waals surface area (Å²) in [5.74, 6) is 0. The van der Waals surface area contributed by atoms with Crippen molar-refractivity contribution in [3.05, 3.63) is 35.4 Å². The quantitative estimate of drug-likeness (QED) is 0.702. The first-order valence-corrected chi connectivity index (χ1v) is 4.79. The van der Waals surface area contributed by atoms with Crippen molar-refractivity contribution < 1.29 is 8.78 Å². The van der Waals surface area contributed by atoms with Gasteiger partial charge in [-0.3, -0.25) is 0 Å². The molecule has 12 heavy (non-hydrogen) atoms. The van der Waals surface area contributed by atoms with Crippen LogP contribution in [-0.4, -0.2) is 5.33 Å². The molecular formula is C9H9BrF2. The molecular weight excluding hydrogens is 226 g/mol. The summed E-state index contributed by atoms with van der Waals surface area (Å²) in [6, 6.07) is 6.63. The number of benzene rings is 1. The topological polar surface area (TPSA) is 0 Å². The normalized spacial score (nSPS) is 10.7. The molecule has 0 aliphatic heterocycles. The lowest BCUT2D eigenvalue weighted by Gasteiger charge is -2.05. The van der Waals surface area contributed by atoms with Crippen molar-refractivity contribution in [2.45, 2.75) is 12.8 Å². The van der Waals surface area contributed by atoms with Gasteiger partial charge in [0.05, 0.1) is 0 Å². The first-order chi connectivity index (χ1) is 5.75. The summed E-state index contributed by atoms with van der Waals surface area (Å²) in [7, 11) is 0. The molecule has 0 saturated carbocycles. The molecule has 0 aliphatic carbocycles.